The SMILES string of the molecule is COc1cc(C(=O)NNc2cc(-c3ccccc3)nc3ccccc23)cc(OC)c1OC. The molecule has 0 aliphatic rings. The quantitative estimate of drug-likeness (QED) is 0.415. The molecule has 0 bridgehead atoms. The first kappa shape index (κ1) is 21.0. The van der Waals surface area contributed by atoms with Gasteiger partial charge in [0.2, 0.25) is 5.75 Å². The number of anilines is 1. The second-order valence-electron chi connectivity index (χ2n) is 6.93. The number of fused-ring (bicyclic) bond motifs is 1. The molecule has 1 amide bonds. The van der Waals surface area contributed by atoms with E-state index in [0.29, 0.717) is 22.8 Å². The van der Waals surface area contributed by atoms with E-state index >= 15 is 0 Å². The highest BCUT2D eigenvalue weighted by molar-refractivity contribution is 5.98. The molecule has 0 unspecified atom stereocenters. The Balaban J connectivity index is 1.65. The van der Waals surface area contributed by atoms with E-state index < -0.39 is 0 Å². The number of nitrogens with zero attached hydrogens (tertiary/aromatic N) is 1. The fourth-order valence-electron chi connectivity index (χ4n) is 3.44. The summed E-state index contributed by atoms with van der Waals surface area (Å²) in [6.07, 6.45) is 0. The van der Waals surface area contributed by atoms with E-state index in [1.165, 1.54) is 21.3 Å². The molecule has 7 nitrogen and oxygen atoms in total. The predicted octanol–water partition coefficient (Wildman–Crippen LogP) is 4.68. The van der Waals surface area contributed by atoms with E-state index in [-0.39, 0.29) is 5.91 Å². The molecule has 4 aromatic rings. The zero-order valence-corrected chi connectivity index (χ0v) is 18.0. The summed E-state index contributed by atoms with van der Waals surface area (Å²) in [7, 11) is 4.53. The second-order valence-corrected chi connectivity index (χ2v) is 6.93. The van der Waals surface area contributed by atoms with Crippen LogP contribution in [-0.4, -0.2) is 32.2 Å². The first-order valence-corrected chi connectivity index (χ1v) is 9.96. The Bertz CT molecular complexity index is 1230. The van der Waals surface area contributed by atoms with E-state index in [0.717, 1.165) is 27.8 Å². The Morgan fingerprint density at radius 2 is 1.47 bits per heavy atom. The largest absolute Gasteiger partial charge is 0.493 e. The van der Waals surface area contributed by atoms with E-state index in [1.807, 2.05) is 60.7 Å². The average molecular weight is 429 g/mol. The molecule has 0 fully saturated rings. The number of pyridine rings is 1. The van der Waals surface area contributed by atoms with Crippen LogP contribution in [0.1, 0.15) is 10.4 Å². The highest BCUT2D eigenvalue weighted by atomic mass is 16.5. The highest BCUT2D eigenvalue weighted by Crippen LogP contribution is 2.38. The molecule has 1 aromatic heterocycles. The number of rotatable bonds is 7. The molecule has 0 spiro atoms. The third-order valence-corrected chi connectivity index (χ3v) is 5.02. The Morgan fingerprint density at radius 3 is 2.12 bits per heavy atom. The molecular formula is C25H23N3O4. The number of methoxy groups -OCH3 is 3. The Hall–Kier alpha value is -4.26. The fraction of sp³-hybridized carbons (Fsp3) is 0.120. The molecule has 0 aliphatic carbocycles. The lowest BCUT2D eigenvalue weighted by Gasteiger charge is -2.15. The summed E-state index contributed by atoms with van der Waals surface area (Å²) in [6.45, 7) is 0. The van der Waals surface area contributed by atoms with Crippen molar-refractivity contribution in [2.75, 3.05) is 26.8 Å². The van der Waals surface area contributed by atoms with Crippen LogP contribution in [0.5, 0.6) is 17.2 Å². The molecule has 4 rings (SSSR count). The first-order chi connectivity index (χ1) is 15.6. The normalized spacial score (nSPS) is 10.5. The lowest BCUT2D eigenvalue weighted by Crippen LogP contribution is -2.29. The topological polar surface area (TPSA) is 81.7 Å². The summed E-state index contributed by atoms with van der Waals surface area (Å²) in [5.41, 5.74) is 9.49. The fourth-order valence-corrected chi connectivity index (χ4v) is 3.44. The number of hydrogen-bond donors (Lipinski definition) is 2. The summed E-state index contributed by atoms with van der Waals surface area (Å²) < 4.78 is 16.0. The van der Waals surface area contributed by atoms with Crippen LogP contribution in [0.2, 0.25) is 0 Å². The number of hydrogen-bond acceptors (Lipinski definition) is 6. The molecule has 0 saturated carbocycles. The maximum atomic E-state index is 12.9. The minimum absolute atomic E-state index is 0.355. The van der Waals surface area contributed by atoms with Gasteiger partial charge in [-0.1, -0.05) is 48.5 Å². The van der Waals surface area contributed by atoms with Gasteiger partial charge in [-0.2, -0.15) is 0 Å². The van der Waals surface area contributed by atoms with E-state index in [1.54, 1.807) is 12.1 Å². The van der Waals surface area contributed by atoms with E-state index in [2.05, 4.69) is 10.9 Å². The molecule has 0 aliphatic heterocycles. The van der Waals surface area contributed by atoms with Gasteiger partial charge in [-0.15, -0.1) is 0 Å². The van der Waals surface area contributed by atoms with Gasteiger partial charge < -0.3 is 14.2 Å². The van der Waals surface area contributed by atoms with Gasteiger partial charge in [-0.3, -0.25) is 15.6 Å². The van der Waals surface area contributed by atoms with Gasteiger partial charge in [-0.25, -0.2) is 4.98 Å². The van der Waals surface area contributed by atoms with Crippen molar-refractivity contribution < 1.29 is 19.0 Å². The Kier molecular flexibility index (Phi) is 6.07. The zero-order chi connectivity index (χ0) is 22.5. The minimum Gasteiger partial charge on any atom is -0.493 e. The number of ether oxygens (including phenoxy) is 3. The molecule has 32 heavy (non-hydrogen) atoms. The van der Waals surface area contributed by atoms with Crippen molar-refractivity contribution in [3.05, 3.63) is 78.4 Å². The third kappa shape index (κ3) is 4.13. The van der Waals surface area contributed by atoms with Gasteiger partial charge >= 0.3 is 0 Å². The van der Waals surface area contributed by atoms with Gasteiger partial charge in [0.05, 0.1) is 38.2 Å². The maximum Gasteiger partial charge on any atom is 0.269 e. The molecule has 3 aromatic carbocycles. The van der Waals surface area contributed by atoms with Crippen LogP contribution in [0.3, 0.4) is 0 Å². The van der Waals surface area contributed by atoms with Crippen LogP contribution in [0.15, 0.2) is 72.8 Å². The van der Waals surface area contributed by atoms with Crippen LogP contribution >= 0.6 is 0 Å². The number of carbonyl (C=O) groups excluding carboxylic acids is 1. The van der Waals surface area contributed by atoms with Crippen molar-refractivity contribution in [3.63, 3.8) is 0 Å². The standard InChI is InChI=1S/C25H23N3O4/c1-30-22-13-17(14-23(31-2)24(22)32-3)25(29)28-27-21-15-20(16-9-5-4-6-10-16)26-19-12-8-7-11-18(19)21/h4-15H,1-3H3,(H,26,27)(H,28,29). The smallest absolute Gasteiger partial charge is 0.269 e. The molecule has 0 radical (unpaired) electrons. The zero-order valence-electron chi connectivity index (χ0n) is 18.0. The van der Waals surface area contributed by atoms with Gasteiger partial charge in [-0.05, 0) is 24.3 Å². The number of benzene rings is 3. The van der Waals surface area contributed by atoms with Crippen molar-refractivity contribution >= 4 is 22.5 Å². The number of para-hydroxylation sites is 1. The third-order valence-electron chi connectivity index (χ3n) is 5.02. The molecule has 1 heterocycles. The monoisotopic (exact) mass is 429 g/mol. The lowest BCUT2D eigenvalue weighted by molar-refractivity contribution is 0.0962. The molecule has 7 heteroatoms. The van der Waals surface area contributed by atoms with Crippen molar-refractivity contribution in [2.24, 2.45) is 0 Å². The molecular weight excluding hydrogens is 406 g/mol. The van der Waals surface area contributed by atoms with Crippen molar-refractivity contribution in [2.45, 2.75) is 0 Å². The Labute approximate surface area is 185 Å². The number of carbonyl (C=O) groups is 1. The van der Waals surface area contributed by atoms with Gasteiger partial charge in [0, 0.05) is 16.5 Å². The van der Waals surface area contributed by atoms with Crippen LogP contribution in [0.4, 0.5) is 5.69 Å². The Morgan fingerprint density at radius 1 is 0.812 bits per heavy atom. The van der Waals surface area contributed by atoms with Gasteiger partial charge in [0.15, 0.2) is 11.5 Å². The molecule has 0 saturated heterocycles. The first-order valence-electron chi connectivity index (χ1n) is 9.96. The number of hydrazine groups is 1. The van der Waals surface area contributed by atoms with E-state index in [4.69, 9.17) is 19.2 Å². The van der Waals surface area contributed by atoms with Crippen LogP contribution in [0.25, 0.3) is 22.2 Å². The highest BCUT2D eigenvalue weighted by Gasteiger charge is 2.17. The van der Waals surface area contributed by atoms with Crippen molar-refractivity contribution in [1.82, 2.24) is 10.4 Å². The predicted molar refractivity (Wildman–Crippen MR) is 124 cm³/mol. The van der Waals surface area contributed by atoms with Crippen LogP contribution in [-0.2, 0) is 0 Å². The van der Waals surface area contributed by atoms with Crippen LogP contribution < -0.4 is 25.1 Å². The maximum absolute atomic E-state index is 12.9. The van der Waals surface area contributed by atoms with E-state index in [9.17, 15) is 4.79 Å². The summed E-state index contributed by atoms with van der Waals surface area (Å²) in [5.74, 6) is 0.869. The lowest BCUT2D eigenvalue weighted by atomic mass is 10.1. The number of amides is 1. The van der Waals surface area contributed by atoms with Gasteiger partial charge in [0.25, 0.3) is 5.91 Å². The van der Waals surface area contributed by atoms with Crippen LogP contribution in [0, 0.1) is 0 Å². The number of nitrogens with one attached hydrogen (secondary N) is 2. The second kappa shape index (κ2) is 9.26. The summed E-state index contributed by atoms with van der Waals surface area (Å²) in [4.78, 5) is 17.7. The average Bonchev–Trinajstić information content (AvgIpc) is 2.86. The van der Waals surface area contributed by atoms with Crippen molar-refractivity contribution in [3.8, 4) is 28.5 Å². The molecule has 0 atom stereocenters. The van der Waals surface area contributed by atoms with Gasteiger partial charge in [0.1, 0.15) is 0 Å². The summed E-state index contributed by atoms with van der Waals surface area (Å²) in [5, 5.41) is 0.886. The number of aromatic nitrogens is 1. The summed E-state index contributed by atoms with van der Waals surface area (Å²) in [6, 6.07) is 22.7. The van der Waals surface area contributed by atoms with Crippen molar-refractivity contribution in [1.29, 1.82) is 0 Å². The minimum atomic E-state index is -0.355. The molecule has 2 N–H and O–H groups in total. The summed E-state index contributed by atoms with van der Waals surface area (Å²) >= 11 is 0. The molecule has 162 valence electrons.